The largest absolute Gasteiger partial charge is 0.495 e. The average Bonchev–Trinajstić information content (AvgIpc) is 2.48. The Hall–Kier alpha value is -2.68. The van der Waals surface area contributed by atoms with Crippen molar-refractivity contribution in [2.75, 3.05) is 11.8 Å². The van der Waals surface area contributed by atoms with Gasteiger partial charge in [0.25, 0.3) is 15.7 Å². The fourth-order valence-corrected chi connectivity index (χ4v) is 2.95. The van der Waals surface area contributed by atoms with Gasteiger partial charge in [-0.3, -0.25) is 14.8 Å². The molecule has 0 heterocycles. The first-order valence-corrected chi connectivity index (χ1v) is 7.43. The lowest BCUT2D eigenvalue weighted by atomic mass is 10.3. The van der Waals surface area contributed by atoms with Crippen LogP contribution >= 0.6 is 0 Å². The number of hydrogen-bond acceptors (Lipinski definition) is 5. The van der Waals surface area contributed by atoms with Gasteiger partial charge in [0.05, 0.1) is 23.8 Å². The van der Waals surface area contributed by atoms with Crippen LogP contribution in [-0.4, -0.2) is 20.5 Å². The maximum Gasteiger partial charge on any atom is 0.273 e. The summed E-state index contributed by atoms with van der Waals surface area (Å²) in [4.78, 5) is 9.69. The Labute approximate surface area is 125 Å². The highest BCUT2D eigenvalue weighted by atomic mass is 32.2. The topological polar surface area (TPSA) is 98.5 Å². The molecule has 0 aliphatic heterocycles. The van der Waals surface area contributed by atoms with Crippen molar-refractivity contribution in [3.63, 3.8) is 0 Å². The Morgan fingerprint density at radius 1 is 1.23 bits per heavy atom. The van der Waals surface area contributed by atoms with Gasteiger partial charge in [-0.2, -0.15) is 0 Å². The molecule has 0 radical (unpaired) electrons. The summed E-state index contributed by atoms with van der Waals surface area (Å²) in [6, 6.07) is 8.28. The van der Waals surface area contributed by atoms with E-state index in [0.717, 1.165) is 24.3 Å². The Morgan fingerprint density at radius 3 is 2.50 bits per heavy atom. The summed E-state index contributed by atoms with van der Waals surface area (Å²) >= 11 is 0. The van der Waals surface area contributed by atoms with E-state index < -0.39 is 20.8 Å². The van der Waals surface area contributed by atoms with Gasteiger partial charge in [0.15, 0.2) is 0 Å². The summed E-state index contributed by atoms with van der Waals surface area (Å²) in [6.45, 7) is 0. The monoisotopic (exact) mass is 326 g/mol. The van der Waals surface area contributed by atoms with Gasteiger partial charge in [-0.1, -0.05) is 12.1 Å². The van der Waals surface area contributed by atoms with Crippen LogP contribution in [0.4, 0.5) is 15.8 Å². The third-order valence-corrected chi connectivity index (χ3v) is 4.17. The average molecular weight is 326 g/mol. The molecule has 0 aliphatic carbocycles. The molecular weight excluding hydrogens is 315 g/mol. The number of para-hydroxylation sites is 1. The van der Waals surface area contributed by atoms with Crippen molar-refractivity contribution in [2.24, 2.45) is 0 Å². The van der Waals surface area contributed by atoms with Crippen LogP contribution in [-0.2, 0) is 10.0 Å². The number of non-ortho nitro benzene ring substituents is 1. The fourth-order valence-electron chi connectivity index (χ4n) is 1.74. The third kappa shape index (κ3) is 3.14. The number of methoxy groups -OCH3 is 1. The van der Waals surface area contributed by atoms with E-state index in [1.807, 2.05) is 0 Å². The molecule has 7 nitrogen and oxygen atoms in total. The van der Waals surface area contributed by atoms with Crippen LogP contribution in [0.5, 0.6) is 5.75 Å². The molecule has 0 aromatic heterocycles. The standard InChI is InChI=1S/C13H11FN2O5S/c1-21-12-8-9(16(17)18)6-7-13(12)22(19,20)15-11-5-3-2-4-10(11)14/h2-8,15H,1H3. The normalized spacial score (nSPS) is 11.0. The molecule has 116 valence electrons. The van der Waals surface area contributed by atoms with Crippen LogP contribution in [0.3, 0.4) is 0 Å². The first-order chi connectivity index (χ1) is 10.3. The summed E-state index contributed by atoms with van der Waals surface area (Å²) in [5, 5.41) is 10.7. The van der Waals surface area contributed by atoms with Crippen molar-refractivity contribution in [3.05, 3.63) is 58.4 Å². The lowest BCUT2D eigenvalue weighted by Crippen LogP contribution is -2.15. The first kappa shape index (κ1) is 15.7. The second-order valence-electron chi connectivity index (χ2n) is 4.18. The number of nitro benzene ring substituents is 1. The zero-order valence-electron chi connectivity index (χ0n) is 11.3. The number of rotatable bonds is 5. The van der Waals surface area contributed by atoms with Crippen molar-refractivity contribution in [1.29, 1.82) is 0 Å². The van der Waals surface area contributed by atoms with E-state index in [1.165, 1.54) is 25.3 Å². The van der Waals surface area contributed by atoms with E-state index in [4.69, 9.17) is 4.74 Å². The number of ether oxygens (including phenoxy) is 1. The molecule has 1 N–H and O–H groups in total. The molecule has 0 fully saturated rings. The van der Waals surface area contributed by atoms with Crippen LogP contribution in [0.15, 0.2) is 47.4 Å². The van der Waals surface area contributed by atoms with Crippen LogP contribution in [0, 0.1) is 15.9 Å². The number of anilines is 1. The molecule has 0 bridgehead atoms. The highest BCUT2D eigenvalue weighted by molar-refractivity contribution is 7.92. The molecule has 0 saturated carbocycles. The Balaban J connectivity index is 2.45. The summed E-state index contributed by atoms with van der Waals surface area (Å²) in [5.41, 5.74) is -0.551. The highest BCUT2D eigenvalue weighted by Gasteiger charge is 2.23. The number of nitrogens with zero attached hydrogens (tertiary/aromatic N) is 1. The minimum Gasteiger partial charge on any atom is -0.495 e. The van der Waals surface area contributed by atoms with E-state index >= 15 is 0 Å². The lowest BCUT2D eigenvalue weighted by molar-refractivity contribution is -0.385. The molecule has 0 aliphatic rings. The Morgan fingerprint density at radius 2 is 1.91 bits per heavy atom. The molecule has 0 amide bonds. The summed E-state index contributed by atoms with van der Waals surface area (Å²) in [7, 11) is -2.98. The number of benzene rings is 2. The van der Waals surface area contributed by atoms with Gasteiger partial charge in [0, 0.05) is 6.07 Å². The minimum absolute atomic E-state index is 0.210. The maximum absolute atomic E-state index is 13.5. The van der Waals surface area contributed by atoms with Crippen LogP contribution in [0.2, 0.25) is 0 Å². The molecule has 2 rings (SSSR count). The third-order valence-electron chi connectivity index (χ3n) is 2.77. The Bertz CT molecular complexity index is 823. The summed E-state index contributed by atoms with van der Waals surface area (Å²) < 4.78 is 45.1. The second kappa shape index (κ2) is 5.98. The van der Waals surface area contributed by atoms with Crippen molar-refractivity contribution in [2.45, 2.75) is 4.90 Å². The van der Waals surface area contributed by atoms with E-state index in [0.29, 0.717) is 0 Å². The van der Waals surface area contributed by atoms with Gasteiger partial charge in [0.1, 0.15) is 16.5 Å². The molecule has 22 heavy (non-hydrogen) atoms. The molecular formula is C13H11FN2O5S. The van der Waals surface area contributed by atoms with Crippen molar-refractivity contribution in [1.82, 2.24) is 0 Å². The van der Waals surface area contributed by atoms with Crippen LogP contribution in [0.1, 0.15) is 0 Å². The summed E-state index contributed by atoms with van der Waals surface area (Å²) in [5.74, 6) is -0.954. The number of hydrogen-bond donors (Lipinski definition) is 1. The number of nitro groups is 1. The SMILES string of the molecule is COc1cc([N+](=O)[O-])ccc1S(=O)(=O)Nc1ccccc1F. The molecule has 0 unspecified atom stereocenters. The highest BCUT2D eigenvalue weighted by Crippen LogP contribution is 2.30. The maximum atomic E-state index is 13.5. The predicted octanol–water partition coefficient (Wildman–Crippen LogP) is 2.54. The predicted molar refractivity (Wildman–Crippen MR) is 76.9 cm³/mol. The first-order valence-electron chi connectivity index (χ1n) is 5.95. The van der Waals surface area contributed by atoms with Crippen molar-refractivity contribution >= 4 is 21.4 Å². The molecule has 2 aromatic carbocycles. The van der Waals surface area contributed by atoms with Crippen LogP contribution in [0.25, 0.3) is 0 Å². The van der Waals surface area contributed by atoms with E-state index in [9.17, 15) is 22.9 Å². The van der Waals surface area contributed by atoms with Crippen molar-refractivity contribution in [3.8, 4) is 5.75 Å². The van der Waals surface area contributed by atoms with Gasteiger partial charge >= 0.3 is 0 Å². The number of sulfonamides is 1. The van der Waals surface area contributed by atoms with Gasteiger partial charge < -0.3 is 4.74 Å². The molecule has 9 heteroatoms. The van der Waals surface area contributed by atoms with E-state index in [1.54, 1.807) is 0 Å². The second-order valence-corrected chi connectivity index (χ2v) is 5.83. The zero-order valence-corrected chi connectivity index (χ0v) is 12.1. The van der Waals surface area contributed by atoms with Gasteiger partial charge in [0.2, 0.25) is 0 Å². The van der Waals surface area contributed by atoms with Crippen molar-refractivity contribution < 1.29 is 22.5 Å². The zero-order chi connectivity index (χ0) is 16.3. The fraction of sp³-hybridized carbons (Fsp3) is 0.0769. The van der Waals surface area contributed by atoms with Gasteiger partial charge in [-0.25, -0.2) is 12.8 Å². The summed E-state index contributed by atoms with van der Waals surface area (Å²) in [6.07, 6.45) is 0. The minimum atomic E-state index is -4.16. The quantitative estimate of drug-likeness (QED) is 0.672. The molecule has 0 spiro atoms. The Kier molecular flexibility index (Phi) is 4.27. The smallest absolute Gasteiger partial charge is 0.273 e. The number of nitrogens with one attached hydrogen (secondary N) is 1. The lowest BCUT2D eigenvalue weighted by Gasteiger charge is -2.11. The molecule has 0 saturated heterocycles. The van der Waals surface area contributed by atoms with E-state index in [2.05, 4.69) is 4.72 Å². The van der Waals surface area contributed by atoms with Gasteiger partial charge in [-0.15, -0.1) is 0 Å². The van der Waals surface area contributed by atoms with E-state index in [-0.39, 0.29) is 22.0 Å². The van der Waals surface area contributed by atoms with Crippen LogP contribution < -0.4 is 9.46 Å². The molecule has 2 aromatic rings. The number of halogens is 1. The molecule has 0 atom stereocenters. The van der Waals surface area contributed by atoms with Gasteiger partial charge in [-0.05, 0) is 18.2 Å².